The highest BCUT2D eigenvalue weighted by Gasteiger charge is 2.27. The Morgan fingerprint density at radius 1 is 1.25 bits per heavy atom. The van der Waals surface area contributed by atoms with Crippen molar-refractivity contribution < 1.29 is 14.3 Å². The first kappa shape index (κ1) is 21.5. The van der Waals surface area contributed by atoms with Gasteiger partial charge in [-0.15, -0.1) is 0 Å². The van der Waals surface area contributed by atoms with Crippen molar-refractivity contribution in [1.82, 2.24) is 20.1 Å². The first-order valence-electron chi connectivity index (χ1n) is 10.6. The molecule has 0 atom stereocenters. The van der Waals surface area contributed by atoms with Crippen molar-refractivity contribution in [2.75, 3.05) is 27.4 Å². The van der Waals surface area contributed by atoms with Crippen LogP contribution in [0.3, 0.4) is 0 Å². The summed E-state index contributed by atoms with van der Waals surface area (Å²) in [5, 5.41) is 16.7. The van der Waals surface area contributed by atoms with Crippen LogP contribution in [0.2, 0.25) is 0 Å². The second-order valence-electron chi connectivity index (χ2n) is 7.67. The number of nitrogens with zero attached hydrogens (tertiary/aromatic N) is 4. The third kappa shape index (κ3) is 4.48. The van der Waals surface area contributed by atoms with Crippen molar-refractivity contribution >= 4 is 5.91 Å². The van der Waals surface area contributed by atoms with Gasteiger partial charge in [-0.1, -0.05) is 6.07 Å². The zero-order valence-electron chi connectivity index (χ0n) is 18.2. The van der Waals surface area contributed by atoms with Gasteiger partial charge >= 0.3 is 0 Å². The molecule has 32 heavy (non-hydrogen) atoms. The lowest BCUT2D eigenvalue weighted by atomic mass is 9.98. The maximum atomic E-state index is 12.3. The van der Waals surface area contributed by atoms with Gasteiger partial charge in [0, 0.05) is 26.5 Å². The van der Waals surface area contributed by atoms with Crippen molar-refractivity contribution in [3.63, 3.8) is 0 Å². The summed E-state index contributed by atoms with van der Waals surface area (Å²) >= 11 is 0. The third-order valence-electron chi connectivity index (χ3n) is 5.46. The van der Waals surface area contributed by atoms with Gasteiger partial charge in [0.25, 0.3) is 5.91 Å². The summed E-state index contributed by atoms with van der Waals surface area (Å²) in [6.45, 7) is 1.14. The predicted molar refractivity (Wildman–Crippen MR) is 119 cm³/mol. The Balaban J connectivity index is 1.57. The van der Waals surface area contributed by atoms with E-state index in [1.165, 1.54) is 6.20 Å². The molecule has 2 aromatic heterocycles. The normalized spacial score (nSPS) is 12.9. The second-order valence-corrected chi connectivity index (χ2v) is 7.67. The predicted octanol–water partition coefficient (Wildman–Crippen LogP) is 3.46. The summed E-state index contributed by atoms with van der Waals surface area (Å²) in [6, 6.07) is 11.6. The number of benzene rings is 1. The highest BCUT2D eigenvalue weighted by Crippen LogP contribution is 2.43. The zero-order valence-corrected chi connectivity index (χ0v) is 18.2. The van der Waals surface area contributed by atoms with Gasteiger partial charge in [-0.25, -0.2) is 4.98 Å². The Morgan fingerprint density at radius 3 is 2.75 bits per heavy atom. The molecule has 4 rings (SSSR count). The van der Waals surface area contributed by atoms with Crippen LogP contribution >= 0.6 is 0 Å². The third-order valence-corrected chi connectivity index (χ3v) is 5.46. The molecule has 0 spiro atoms. The van der Waals surface area contributed by atoms with Crippen molar-refractivity contribution in [2.24, 2.45) is 0 Å². The number of nitrogens with one attached hydrogen (secondary N) is 1. The molecule has 1 aromatic carbocycles. The van der Waals surface area contributed by atoms with Gasteiger partial charge in [-0.2, -0.15) is 15.0 Å². The lowest BCUT2D eigenvalue weighted by molar-refractivity contribution is 0.0948. The van der Waals surface area contributed by atoms with E-state index in [2.05, 4.69) is 27.5 Å². The Labute approximate surface area is 186 Å². The first-order chi connectivity index (χ1) is 15.7. The van der Waals surface area contributed by atoms with E-state index in [0.29, 0.717) is 36.3 Å². The lowest BCUT2D eigenvalue weighted by Crippen LogP contribution is -2.25. The number of pyridine rings is 1. The van der Waals surface area contributed by atoms with E-state index in [4.69, 9.17) is 9.47 Å². The Bertz CT molecular complexity index is 1140. The molecule has 8 heteroatoms. The standard InChI is InChI=1S/C24H25N5O3/c1-31-11-3-10-26-23(30)19-8-9-22(27-14-19)29-24(32-2)21(15-28-29)17-6-7-18(13-25)20(12-17)16-4-5-16/h6-9,12,14-16H,3-5,10-11H2,1-2H3,(H,26,30). The number of carbonyl (C=O) groups is 1. The monoisotopic (exact) mass is 431 g/mol. The fourth-order valence-corrected chi connectivity index (χ4v) is 3.63. The maximum Gasteiger partial charge on any atom is 0.252 e. The number of aromatic nitrogens is 3. The molecular formula is C24H25N5O3. The van der Waals surface area contributed by atoms with Crippen molar-refractivity contribution in [3.8, 4) is 28.9 Å². The maximum absolute atomic E-state index is 12.3. The Kier molecular flexibility index (Phi) is 6.47. The highest BCUT2D eigenvalue weighted by molar-refractivity contribution is 5.93. The zero-order chi connectivity index (χ0) is 22.5. The van der Waals surface area contributed by atoms with Gasteiger partial charge < -0.3 is 14.8 Å². The summed E-state index contributed by atoms with van der Waals surface area (Å²) < 4.78 is 12.2. The number of hydrogen-bond donors (Lipinski definition) is 1. The summed E-state index contributed by atoms with van der Waals surface area (Å²) in [7, 11) is 3.22. The Morgan fingerprint density at radius 2 is 2.09 bits per heavy atom. The van der Waals surface area contributed by atoms with Crippen LogP contribution < -0.4 is 10.1 Å². The van der Waals surface area contributed by atoms with Crippen molar-refractivity contribution in [1.29, 1.82) is 5.26 Å². The molecule has 0 radical (unpaired) electrons. The molecule has 1 amide bonds. The molecule has 0 unspecified atom stereocenters. The number of amides is 1. The molecular weight excluding hydrogens is 406 g/mol. The van der Waals surface area contributed by atoms with E-state index >= 15 is 0 Å². The van der Waals surface area contributed by atoms with Crippen LogP contribution in [0.25, 0.3) is 16.9 Å². The van der Waals surface area contributed by atoms with E-state index < -0.39 is 0 Å². The van der Waals surface area contributed by atoms with E-state index in [0.717, 1.165) is 41.5 Å². The Hall–Kier alpha value is -3.70. The second kappa shape index (κ2) is 9.62. The summed E-state index contributed by atoms with van der Waals surface area (Å²) in [5.74, 6) is 1.36. The van der Waals surface area contributed by atoms with Gasteiger partial charge in [-0.05, 0) is 60.6 Å². The van der Waals surface area contributed by atoms with Gasteiger partial charge in [-0.3, -0.25) is 4.79 Å². The van der Waals surface area contributed by atoms with Crippen LogP contribution in [-0.2, 0) is 4.74 Å². The minimum absolute atomic E-state index is 0.182. The van der Waals surface area contributed by atoms with Crippen LogP contribution in [0.15, 0.2) is 42.7 Å². The SMILES string of the molecule is COCCCNC(=O)c1ccc(-n2ncc(-c3ccc(C#N)c(C4CC4)c3)c2OC)nc1. The van der Waals surface area contributed by atoms with Crippen molar-refractivity contribution in [3.05, 3.63) is 59.4 Å². The molecule has 2 heterocycles. The average Bonchev–Trinajstić information content (AvgIpc) is 3.59. The average molecular weight is 431 g/mol. The minimum Gasteiger partial charge on any atom is -0.480 e. The molecule has 3 aromatic rings. The van der Waals surface area contributed by atoms with Gasteiger partial charge in [0.05, 0.1) is 36.1 Å². The molecule has 0 aliphatic heterocycles. The summed E-state index contributed by atoms with van der Waals surface area (Å²) in [6.07, 6.45) is 6.23. The first-order valence-corrected chi connectivity index (χ1v) is 10.6. The number of methoxy groups -OCH3 is 2. The smallest absolute Gasteiger partial charge is 0.252 e. The lowest BCUT2D eigenvalue weighted by Gasteiger charge is -2.10. The number of rotatable bonds is 9. The van der Waals surface area contributed by atoms with E-state index in [1.807, 2.05) is 12.1 Å². The summed E-state index contributed by atoms with van der Waals surface area (Å²) in [4.78, 5) is 16.7. The van der Waals surface area contributed by atoms with Crippen LogP contribution in [0.5, 0.6) is 5.88 Å². The fourth-order valence-electron chi connectivity index (χ4n) is 3.63. The van der Waals surface area contributed by atoms with E-state index in [1.54, 1.807) is 37.2 Å². The van der Waals surface area contributed by atoms with E-state index in [9.17, 15) is 10.1 Å². The molecule has 0 saturated heterocycles. The summed E-state index contributed by atoms with van der Waals surface area (Å²) in [5.41, 5.74) is 4.04. The largest absolute Gasteiger partial charge is 0.480 e. The molecule has 8 nitrogen and oxygen atoms in total. The molecule has 164 valence electrons. The highest BCUT2D eigenvalue weighted by atomic mass is 16.5. The molecule has 1 saturated carbocycles. The molecule has 1 N–H and O–H groups in total. The van der Waals surface area contributed by atoms with Gasteiger partial charge in [0.1, 0.15) is 0 Å². The quantitative estimate of drug-likeness (QED) is 0.521. The number of hydrogen-bond acceptors (Lipinski definition) is 6. The molecule has 1 aliphatic rings. The van der Waals surface area contributed by atoms with Crippen molar-refractivity contribution in [2.45, 2.75) is 25.2 Å². The van der Waals surface area contributed by atoms with Gasteiger partial charge in [0.15, 0.2) is 5.82 Å². The molecule has 1 aliphatic carbocycles. The molecule has 0 bridgehead atoms. The number of ether oxygens (including phenoxy) is 2. The number of carbonyl (C=O) groups excluding carboxylic acids is 1. The van der Waals surface area contributed by atoms with E-state index in [-0.39, 0.29) is 5.91 Å². The van der Waals surface area contributed by atoms with Crippen LogP contribution in [0.1, 0.15) is 46.7 Å². The minimum atomic E-state index is -0.182. The topological polar surface area (TPSA) is 102 Å². The number of nitriles is 1. The van der Waals surface area contributed by atoms with Crippen LogP contribution in [0, 0.1) is 11.3 Å². The van der Waals surface area contributed by atoms with Crippen LogP contribution in [-0.4, -0.2) is 48.0 Å². The molecule has 1 fully saturated rings. The van der Waals surface area contributed by atoms with Gasteiger partial charge in [0.2, 0.25) is 5.88 Å². The fraction of sp³-hybridized carbons (Fsp3) is 0.333. The van der Waals surface area contributed by atoms with Crippen LogP contribution in [0.4, 0.5) is 0 Å².